The van der Waals surface area contributed by atoms with Gasteiger partial charge in [0.25, 0.3) is 0 Å². The van der Waals surface area contributed by atoms with Gasteiger partial charge in [-0.2, -0.15) is 0 Å². The van der Waals surface area contributed by atoms with E-state index in [1.807, 2.05) is 0 Å². The molecule has 22 nitrogen and oxygen atoms in total. The highest BCUT2D eigenvalue weighted by Crippen LogP contribution is 2.32. The van der Waals surface area contributed by atoms with Gasteiger partial charge in [-0.3, -0.25) is 4.79 Å². The average molecular weight is 708 g/mol. The molecule has 0 aromatic rings. The largest absolute Gasteiger partial charge is 0.394 e. The minimum Gasteiger partial charge on any atom is -0.394 e. The molecule has 0 aromatic heterocycles. The van der Waals surface area contributed by atoms with Crippen molar-refractivity contribution >= 4 is 5.91 Å². The Morgan fingerprint density at radius 1 is 0.625 bits per heavy atom. The van der Waals surface area contributed by atoms with Gasteiger partial charge >= 0.3 is 0 Å². The number of carbonyl (C=O) groups excluding carboxylic acids is 1. The monoisotopic (exact) mass is 707 g/mol. The van der Waals surface area contributed by atoms with Crippen LogP contribution in [0.2, 0.25) is 0 Å². The quantitative estimate of drug-likeness (QED) is 0.0895. The number of aliphatic hydroxyl groups excluding tert-OH is 13. The Balaban J connectivity index is 1.36. The molecule has 0 aromatic carbocycles. The number of rotatable bonds is 12. The Morgan fingerprint density at radius 3 is 1.75 bits per heavy atom. The van der Waals surface area contributed by atoms with E-state index in [0.29, 0.717) is 0 Å². The third-order valence-electron chi connectivity index (χ3n) is 8.56. The van der Waals surface area contributed by atoms with E-state index in [4.69, 9.17) is 33.2 Å². The lowest BCUT2D eigenvalue weighted by Gasteiger charge is -2.46. The smallest absolute Gasteiger partial charge is 0.217 e. The van der Waals surface area contributed by atoms with E-state index in [1.54, 1.807) is 0 Å². The lowest BCUT2D eigenvalue weighted by atomic mass is 9.96. The van der Waals surface area contributed by atoms with E-state index < -0.39 is 155 Å². The fourth-order valence-corrected chi connectivity index (χ4v) is 5.87. The normalized spacial score (nSPS) is 49.1. The van der Waals surface area contributed by atoms with E-state index in [-0.39, 0.29) is 0 Å². The molecule has 0 unspecified atom stereocenters. The summed E-state index contributed by atoms with van der Waals surface area (Å²) in [4.78, 5) is 11.7. The molecule has 4 saturated heterocycles. The molecule has 4 heterocycles. The number of carbonyl (C=O) groups is 1. The van der Waals surface area contributed by atoms with Crippen LogP contribution in [0.25, 0.3) is 0 Å². The molecule has 48 heavy (non-hydrogen) atoms. The Bertz CT molecular complexity index is 1030. The number of amides is 1. The third-order valence-corrected chi connectivity index (χ3v) is 8.56. The predicted molar refractivity (Wildman–Crippen MR) is 145 cm³/mol. The molecule has 4 aliphatic heterocycles. The van der Waals surface area contributed by atoms with Crippen LogP contribution in [0.3, 0.4) is 0 Å². The van der Waals surface area contributed by atoms with Crippen molar-refractivity contribution in [3.8, 4) is 0 Å². The molecule has 4 aliphatic rings. The first-order valence-electron chi connectivity index (χ1n) is 15.1. The average Bonchev–Trinajstić information content (AvgIpc) is 3.34. The number of ether oxygens (including phenoxy) is 7. The van der Waals surface area contributed by atoms with E-state index in [9.17, 15) is 71.2 Å². The molecule has 14 N–H and O–H groups in total. The van der Waals surface area contributed by atoms with Crippen LogP contribution in [0.1, 0.15) is 6.92 Å². The minimum atomic E-state index is -1.93. The first-order valence-corrected chi connectivity index (χ1v) is 15.1. The highest BCUT2D eigenvalue weighted by molar-refractivity contribution is 5.73. The van der Waals surface area contributed by atoms with E-state index >= 15 is 0 Å². The second kappa shape index (κ2) is 16.8. The van der Waals surface area contributed by atoms with Crippen LogP contribution in [0.4, 0.5) is 0 Å². The van der Waals surface area contributed by atoms with Gasteiger partial charge in [-0.05, 0) is 0 Å². The molecule has 0 bridgehead atoms. The first kappa shape index (κ1) is 39.5. The van der Waals surface area contributed by atoms with Gasteiger partial charge in [-0.1, -0.05) is 0 Å². The molecule has 4 rings (SSSR count). The summed E-state index contributed by atoms with van der Waals surface area (Å²) in [5, 5.41) is 136. The summed E-state index contributed by atoms with van der Waals surface area (Å²) in [6, 6.07) is -1.41. The van der Waals surface area contributed by atoms with Gasteiger partial charge in [0, 0.05) is 6.92 Å². The number of hydrogen-bond acceptors (Lipinski definition) is 21. The van der Waals surface area contributed by atoms with Gasteiger partial charge in [-0.15, -0.1) is 0 Å². The Kier molecular flexibility index (Phi) is 13.8. The summed E-state index contributed by atoms with van der Waals surface area (Å²) in [6.07, 6.45) is -32.4. The zero-order valence-electron chi connectivity index (χ0n) is 25.5. The van der Waals surface area contributed by atoms with Crippen molar-refractivity contribution in [1.29, 1.82) is 0 Å². The van der Waals surface area contributed by atoms with Gasteiger partial charge in [-0.25, -0.2) is 0 Å². The van der Waals surface area contributed by atoms with Gasteiger partial charge in [0.05, 0.1) is 26.4 Å². The summed E-state index contributed by atoms with van der Waals surface area (Å²) in [5.74, 6) is -0.656. The van der Waals surface area contributed by atoms with E-state index in [0.717, 1.165) is 6.92 Å². The predicted octanol–water partition coefficient (Wildman–Crippen LogP) is -9.61. The SMILES string of the molecule is CC(=O)N[C@@H]1[C@@H](O[C@@H]2O[C@@H]([C@H](O)CO[C@@H]3O[C@H](CO)[C@H](O[C@H]4O[C@H](CO)[C@@H](O)[C@H](O)[C@H]4O)[C@H](O)[C@H]3O)[C@H](O)[C@H]2O)[C@@H](O)[C@@H](CO)O[C@H]1O. The summed E-state index contributed by atoms with van der Waals surface area (Å²) in [6.45, 7) is -2.07. The molecule has 0 saturated carbocycles. The van der Waals surface area contributed by atoms with Crippen molar-refractivity contribution in [2.75, 3.05) is 26.4 Å². The summed E-state index contributed by atoms with van der Waals surface area (Å²) in [5.41, 5.74) is 0. The lowest BCUT2D eigenvalue weighted by Crippen LogP contribution is -2.65. The molecule has 280 valence electrons. The van der Waals surface area contributed by atoms with Crippen molar-refractivity contribution < 1.29 is 104 Å². The van der Waals surface area contributed by atoms with Gasteiger partial charge in [0.1, 0.15) is 97.6 Å². The minimum absolute atomic E-state index is 0.656. The molecular weight excluding hydrogens is 662 g/mol. The summed E-state index contributed by atoms with van der Waals surface area (Å²) >= 11 is 0. The second-order valence-electron chi connectivity index (χ2n) is 11.9. The van der Waals surface area contributed by atoms with Gasteiger partial charge in [0.2, 0.25) is 5.91 Å². The van der Waals surface area contributed by atoms with Gasteiger partial charge < -0.3 is 105 Å². The van der Waals surface area contributed by atoms with Gasteiger partial charge in [0.15, 0.2) is 25.2 Å². The maximum absolute atomic E-state index is 11.7. The first-order chi connectivity index (χ1) is 22.6. The fraction of sp³-hybridized carbons (Fsp3) is 0.962. The van der Waals surface area contributed by atoms with Crippen LogP contribution in [0.5, 0.6) is 0 Å². The van der Waals surface area contributed by atoms with Crippen molar-refractivity contribution in [2.45, 2.75) is 130 Å². The van der Waals surface area contributed by atoms with Crippen molar-refractivity contribution in [3.05, 3.63) is 0 Å². The molecule has 20 atom stereocenters. The van der Waals surface area contributed by atoms with Crippen LogP contribution in [0.15, 0.2) is 0 Å². The summed E-state index contributed by atoms with van der Waals surface area (Å²) in [7, 11) is 0. The molecular formula is C26H45NO21. The van der Waals surface area contributed by atoms with Crippen LogP contribution in [-0.2, 0) is 38.0 Å². The van der Waals surface area contributed by atoms with Crippen molar-refractivity contribution in [1.82, 2.24) is 5.32 Å². The summed E-state index contributed by atoms with van der Waals surface area (Å²) < 4.78 is 37.7. The number of nitrogens with one attached hydrogen (secondary N) is 1. The van der Waals surface area contributed by atoms with Crippen LogP contribution in [-0.4, -0.2) is 221 Å². The zero-order valence-corrected chi connectivity index (χ0v) is 25.5. The maximum atomic E-state index is 11.7. The highest BCUT2D eigenvalue weighted by Gasteiger charge is 2.54. The van der Waals surface area contributed by atoms with Crippen molar-refractivity contribution in [2.24, 2.45) is 0 Å². The third kappa shape index (κ3) is 8.24. The van der Waals surface area contributed by atoms with Crippen LogP contribution >= 0.6 is 0 Å². The van der Waals surface area contributed by atoms with E-state index in [1.165, 1.54) is 0 Å². The second-order valence-corrected chi connectivity index (χ2v) is 11.9. The number of hydrogen-bond donors (Lipinski definition) is 14. The fourth-order valence-electron chi connectivity index (χ4n) is 5.87. The maximum Gasteiger partial charge on any atom is 0.217 e. The van der Waals surface area contributed by atoms with Crippen molar-refractivity contribution in [3.63, 3.8) is 0 Å². The van der Waals surface area contributed by atoms with Crippen LogP contribution in [0, 0.1) is 0 Å². The molecule has 0 aliphatic carbocycles. The Hall–Kier alpha value is -1.33. The van der Waals surface area contributed by atoms with E-state index in [2.05, 4.69) is 5.32 Å². The molecule has 22 heteroatoms. The molecule has 0 radical (unpaired) electrons. The molecule has 0 spiro atoms. The highest BCUT2D eigenvalue weighted by atomic mass is 16.8. The topological polar surface area (TPSA) is 357 Å². The van der Waals surface area contributed by atoms with Crippen LogP contribution < -0.4 is 5.32 Å². The Morgan fingerprint density at radius 2 is 1.15 bits per heavy atom. The molecule has 4 fully saturated rings. The lowest BCUT2D eigenvalue weighted by molar-refractivity contribution is -0.361. The Labute approximate surface area is 272 Å². The molecule has 1 amide bonds. The standard InChI is InChI=1S/C26H45NO21/c1-6(31)27-11-22(13(34)9(3-29)43-23(11)41)48-26-19(40)15(36)20(46-26)7(32)5-42-24-18(39)16(37)21(10(4-30)45-24)47-25-17(38)14(35)12(33)8(2-28)44-25/h7-26,28-30,32-41H,2-5H2,1H3,(H,27,31)/t7-,8-,9-,10-,11-,12-,13+,14+,15-,16-,17-,18-,19-,20+,21+,22-,23-,24-,25-,26+/m1/s1. The zero-order chi connectivity index (χ0) is 35.6. The number of aliphatic hydroxyl groups is 13.